The van der Waals surface area contributed by atoms with Crippen LogP contribution in [0.15, 0.2) is 47.4 Å². The first-order valence-electron chi connectivity index (χ1n) is 10.7. The highest BCUT2D eigenvalue weighted by Gasteiger charge is 2.30. The molecule has 9 heteroatoms. The number of ether oxygens (including phenoxy) is 1. The number of anilines is 1. The van der Waals surface area contributed by atoms with Crippen molar-refractivity contribution in [3.63, 3.8) is 0 Å². The molecule has 2 aromatic carbocycles. The van der Waals surface area contributed by atoms with Crippen molar-refractivity contribution < 1.29 is 22.7 Å². The van der Waals surface area contributed by atoms with Gasteiger partial charge in [-0.05, 0) is 62.1 Å². The molecule has 0 aromatic heterocycles. The van der Waals surface area contributed by atoms with Crippen molar-refractivity contribution in [2.75, 3.05) is 25.0 Å². The highest BCUT2D eigenvalue weighted by atomic mass is 32.2. The lowest BCUT2D eigenvalue weighted by Crippen LogP contribution is -2.47. The largest absolute Gasteiger partial charge is 0.484 e. The van der Waals surface area contributed by atoms with E-state index in [2.05, 4.69) is 10.6 Å². The third kappa shape index (κ3) is 5.11. The van der Waals surface area contributed by atoms with Gasteiger partial charge in [0.2, 0.25) is 15.9 Å². The molecule has 1 saturated heterocycles. The van der Waals surface area contributed by atoms with Gasteiger partial charge in [-0.2, -0.15) is 4.31 Å². The lowest BCUT2D eigenvalue weighted by molar-refractivity contribution is -0.124. The van der Waals surface area contributed by atoms with E-state index in [0.717, 1.165) is 16.8 Å². The molecule has 4 rings (SSSR count). The first-order chi connectivity index (χ1) is 15.3. The Balaban J connectivity index is 1.25. The van der Waals surface area contributed by atoms with E-state index >= 15 is 0 Å². The predicted octanol–water partition coefficient (Wildman–Crippen LogP) is 2.23. The smallest absolute Gasteiger partial charge is 0.258 e. The molecular weight excluding hydrogens is 430 g/mol. The summed E-state index contributed by atoms with van der Waals surface area (Å²) in [6.45, 7) is 2.52. The molecule has 2 aromatic rings. The maximum atomic E-state index is 12.8. The van der Waals surface area contributed by atoms with E-state index in [1.54, 1.807) is 36.4 Å². The summed E-state index contributed by atoms with van der Waals surface area (Å²) in [7, 11) is -3.52. The molecule has 0 atom stereocenters. The van der Waals surface area contributed by atoms with E-state index in [4.69, 9.17) is 4.74 Å². The molecule has 2 N–H and O–H groups in total. The zero-order valence-electron chi connectivity index (χ0n) is 18.0. The number of benzene rings is 2. The van der Waals surface area contributed by atoms with Crippen molar-refractivity contribution in [3.8, 4) is 5.75 Å². The van der Waals surface area contributed by atoms with Crippen LogP contribution < -0.4 is 15.4 Å². The number of carbonyl (C=O) groups is 2. The van der Waals surface area contributed by atoms with E-state index in [1.165, 1.54) is 4.31 Å². The van der Waals surface area contributed by atoms with Gasteiger partial charge in [0, 0.05) is 31.2 Å². The summed E-state index contributed by atoms with van der Waals surface area (Å²) in [6, 6.07) is 12.1. The van der Waals surface area contributed by atoms with Crippen LogP contribution in [0.2, 0.25) is 0 Å². The van der Waals surface area contributed by atoms with E-state index < -0.39 is 10.0 Å². The predicted molar refractivity (Wildman–Crippen MR) is 120 cm³/mol. The van der Waals surface area contributed by atoms with Gasteiger partial charge in [0.1, 0.15) is 5.75 Å². The summed E-state index contributed by atoms with van der Waals surface area (Å²) in [6.07, 6.45) is 2.19. The Bertz CT molecular complexity index is 1110. The Morgan fingerprint density at radius 3 is 2.56 bits per heavy atom. The Kier molecular flexibility index (Phi) is 6.48. The first-order valence-corrected chi connectivity index (χ1v) is 12.2. The number of aryl methyl sites for hydroxylation is 2. The van der Waals surface area contributed by atoms with Gasteiger partial charge in [0.15, 0.2) is 6.61 Å². The zero-order chi connectivity index (χ0) is 22.7. The lowest BCUT2D eigenvalue weighted by atomic mass is 10.0. The SMILES string of the molecule is Cc1ccc(S(=O)(=O)N2CCC(NC(=O)COc3ccc4c(c3)CCC(=O)N4)CC2)cc1. The highest BCUT2D eigenvalue weighted by molar-refractivity contribution is 7.89. The van der Waals surface area contributed by atoms with Gasteiger partial charge < -0.3 is 15.4 Å². The van der Waals surface area contributed by atoms with E-state index in [1.807, 2.05) is 13.0 Å². The standard InChI is InChI=1S/C23H27N3O5S/c1-16-2-6-20(7-3-16)32(29,30)26-12-10-18(11-13-26)24-23(28)15-31-19-5-8-21-17(14-19)4-9-22(27)25-21/h2-3,5-8,14,18H,4,9-13,15H2,1H3,(H,24,28)(H,25,27). The molecule has 2 heterocycles. The number of sulfonamides is 1. The minimum absolute atomic E-state index is 0.00302. The number of nitrogens with one attached hydrogen (secondary N) is 2. The van der Waals surface area contributed by atoms with E-state index in [0.29, 0.717) is 49.4 Å². The maximum Gasteiger partial charge on any atom is 0.258 e. The summed E-state index contributed by atoms with van der Waals surface area (Å²) in [5, 5.41) is 5.75. The molecule has 2 amide bonds. The molecule has 0 saturated carbocycles. The summed E-state index contributed by atoms with van der Waals surface area (Å²) in [5.74, 6) is 0.341. The van der Waals surface area contributed by atoms with Crippen LogP contribution in [0.3, 0.4) is 0 Å². The van der Waals surface area contributed by atoms with Gasteiger partial charge >= 0.3 is 0 Å². The van der Waals surface area contributed by atoms with Crippen LogP contribution in [0.1, 0.15) is 30.4 Å². The zero-order valence-corrected chi connectivity index (χ0v) is 18.8. The fraction of sp³-hybridized carbons (Fsp3) is 0.391. The van der Waals surface area contributed by atoms with Crippen molar-refractivity contribution in [2.45, 2.75) is 43.5 Å². The van der Waals surface area contributed by atoms with Crippen molar-refractivity contribution in [2.24, 2.45) is 0 Å². The van der Waals surface area contributed by atoms with Crippen LogP contribution >= 0.6 is 0 Å². The third-order valence-electron chi connectivity index (χ3n) is 5.82. The van der Waals surface area contributed by atoms with Crippen LogP contribution in [0.5, 0.6) is 5.75 Å². The fourth-order valence-electron chi connectivity index (χ4n) is 3.97. The van der Waals surface area contributed by atoms with Gasteiger partial charge in [-0.1, -0.05) is 17.7 Å². The van der Waals surface area contributed by atoms with Gasteiger partial charge in [-0.15, -0.1) is 0 Å². The molecule has 2 aliphatic heterocycles. The van der Waals surface area contributed by atoms with E-state index in [9.17, 15) is 18.0 Å². The minimum atomic E-state index is -3.52. The molecule has 32 heavy (non-hydrogen) atoms. The maximum absolute atomic E-state index is 12.8. The Morgan fingerprint density at radius 2 is 1.84 bits per heavy atom. The second-order valence-corrected chi connectivity index (χ2v) is 10.2. The fourth-order valence-corrected chi connectivity index (χ4v) is 5.44. The van der Waals surface area contributed by atoms with Gasteiger partial charge in [-0.3, -0.25) is 9.59 Å². The summed E-state index contributed by atoms with van der Waals surface area (Å²) in [4.78, 5) is 24.1. The molecule has 0 spiro atoms. The minimum Gasteiger partial charge on any atom is -0.484 e. The molecular formula is C23H27N3O5S. The van der Waals surface area contributed by atoms with Crippen molar-refractivity contribution >= 4 is 27.5 Å². The normalized spacial score (nSPS) is 17.3. The van der Waals surface area contributed by atoms with E-state index in [-0.39, 0.29) is 24.5 Å². The Labute approximate surface area is 188 Å². The molecule has 1 fully saturated rings. The van der Waals surface area contributed by atoms with Gasteiger partial charge in [0.05, 0.1) is 4.90 Å². The quantitative estimate of drug-likeness (QED) is 0.692. The second-order valence-electron chi connectivity index (χ2n) is 8.21. The van der Waals surface area contributed by atoms with Crippen molar-refractivity contribution in [1.82, 2.24) is 9.62 Å². The number of amides is 2. The number of fused-ring (bicyclic) bond motifs is 1. The first kappa shape index (κ1) is 22.3. The van der Waals surface area contributed by atoms with Crippen molar-refractivity contribution in [1.29, 1.82) is 0 Å². The van der Waals surface area contributed by atoms with Crippen molar-refractivity contribution in [3.05, 3.63) is 53.6 Å². The number of nitrogens with zero attached hydrogens (tertiary/aromatic N) is 1. The van der Waals surface area contributed by atoms with Gasteiger partial charge in [0.25, 0.3) is 5.91 Å². The number of rotatable bonds is 6. The average molecular weight is 458 g/mol. The number of hydrogen-bond donors (Lipinski definition) is 2. The summed E-state index contributed by atoms with van der Waals surface area (Å²) in [5.41, 5.74) is 2.78. The Morgan fingerprint density at radius 1 is 1.12 bits per heavy atom. The summed E-state index contributed by atoms with van der Waals surface area (Å²) < 4.78 is 32.7. The van der Waals surface area contributed by atoms with Gasteiger partial charge in [-0.25, -0.2) is 8.42 Å². The molecule has 0 radical (unpaired) electrons. The third-order valence-corrected chi connectivity index (χ3v) is 7.73. The second kappa shape index (κ2) is 9.30. The molecule has 0 unspecified atom stereocenters. The Hall–Kier alpha value is -2.91. The molecule has 0 aliphatic carbocycles. The molecule has 8 nitrogen and oxygen atoms in total. The van der Waals surface area contributed by atoms with Crippen LogP contribution in [-0.4, -0.2) is 50.3 Å². The average Bonchev–Trinajstić information content (AvgIpc) is 2.78. The van der Waals surface area contributed by atoms with Crippen LogP contribution in [-0.2, 0) is 26.0 Å². The molecule has 170 valence electrons. The van der Waals surface area contributed by atoms with Crippen LogP contribution in [0, 0.1) is 6.92 Å². The molecule has 0 bridgehead atoms. The number of carbonyl (C=O) groups excluding carboxylic acids is 2. The lowest BCUT2D eigenvalue weighted by Gasteiger charge is -2.31. The van der Waals surface area contributed by atoms with Crippen LogP contribution in [0.25, 0.3) is 0 Å². The molecule has 2 aliphatic rings. The van der Waals surface area contributed by atoms with Crippen LogP contribution in [0.4, 0.5) is 5.69 Å². The monoisotopic (exact) mass is 457 g/mol. The number of piperidine rings is 1. The highest BCUT2D eigenvalue weighted by Crippen LogP contribution is 2.27. The topological polar surface area (TPSA) is 105 Å². The summed E-state index contributed by atoms with van der Waals surface area (Å²) >= 11 is 0. The number of hydrogen-bond acceptors (Lipinski definition) is 5.